The van der Waals surface area contributed by atoms with Crippen LogP contribution in [0.1, 0.15) is 36.1 Å². The Hall–Kier alpha value is -8.97. The smallest absolute Gasteiger partial charge is 0.872 e. The van der Waals surface area contributed by atoms with Crippen molar-refractivity contribution in [3.63, 3.8) is 0 Å². The summed E-state index contributed by atoms with van der Waals surface area (Å²) in [5.74, 6) is -13.8. The number of anilines is 4. The minimum Gasteiger partial charge on any atom is -0.872 e. The monoisotopic (exact) mass is 1450 g/mol. The number of hydrogen-bond donors (Lipinski definition) is 0. The molecular formula is C64H46F12N6O8S2Zn2. The molecule has 6 heterocycles. The van der Waals surface area contributed by atoms with Gasteiger partial charge in [-0.2, -0.15) is 52.7 Å². The Morgan fingerprint density at radius 2 is 0.532 bits per heavy atom. The fraction of sp³-hybridized carbons (Fsp3) is 0.125. The van der Waals surface area contributed by atoms with Crippen molar-refractivity contribution < 1.29 is 131 Å². The molecule has 4 aromatic carbocycles. The van der Waals surface area contributed by atoms with E-state index in [0.29, 0.717) is 55.4 Å². The van der Waals surface area contributed by atoms with Crippen LogP contribution >= 0.6 is 23.5 Å². The summed E-state index contributed by atoms with van der Waals surface area (Å²) >= 11 is 2.05. The molecule has 0 bridgehead atoms. The van der Waals surface area contributed by atoms with Crippen LogP contribution in [0.2, 0.25) is 0 Å². The van der Waals surface area contributed by atoms with Crippen molar-refractivity contribution >= 4 is 92.4 Å². The number of fused-ring (bicyclic) bond motifs is 4. The zero-order valence-corrected chi connectivity index (χ0v) is 56.5. The van der Waals surface area contributed by atoms with Crippen LogP contribution < -0.4 is 30.2 Å². The van der Waals surface area contributed by atoms with E-state index in [2.05, 4.69) is 19.9 Å². The summed E-state index contributed by atoms with van der Waals surface area (Å²) in [6.45, 7) is 4.37. The molecule has 0 radical (unpaired) electrons. The number of allylic oxidation sites excluding steroid dienone is 4. The van der Waals surface area contributed by atoms with Gasteiger partial charge in [0, 0.05) is 82.2 Å². The van der Waals surface area contributed by atoms with Gasteiger partial charge in [-0.1, -0.05) is 95.1 Å². The molecule has 2 aliphatic heterocycles. The third-order valence-corrected chi connectivity index (χ3v) is 13.8. The van der Waals surface area contributed by atoms with Gasteiger partial charge in [0.15, 0.2) is 0 Å². The van der Waals surface area contributed by atoms with Crippen molar-refractivity contribution in [1.82, 2.24) is 19.9 Å². The van der Waals surface area contributed by atoms with E-state index < -0.39 is 70.9 Å². The zero-order valence-electron chi connectivity index (χ0n) is 48.9. The zero-order chi connectivity index (χ0) is 67.8. The molecule has 0 amide bonds. The fourth-order valence-corrected chi connectivity index (χ4v) is 9.80. The van der Waals surface area contributed by atoms with E-state index in [-0.39, 0.29) is 85.5 Å². The Kier molecular flexibility index (Phi) is 31.2. The van der Waals surface area contributed by atoms with Crippen LogP contribution in [0.4, 0.5) is 75.4 Å². The number of halogens is 12. The number of benzene rings is 4. The summed E-state index contributed by atoms with van der Waals surface area (Å²) in [6.07, 6.45) is -6.96. The third kappa shape index (κ3) is 24.5. The van der Waals surface area contributed by atoms with Gasteiger partial charge in [-0.3, -0.25) is 39.1 Å². The Morgan fingerprint density at radius 1 is 0.351 bits per heavy atom. The normalized spacial score (nSPS) is 12.5. The Bertz CT molecular complexity index is 3310. The van der Waals surface area contributed by atoms with Crippen molar-refractivity contribution in [2.75, 3.05) is 22.9 Å². The Morgan fingerprint density at radius 3 is 0.660 bits per heavy atom. The van der Waals surface area contributed by atoms with Crippen molar-refractivity contribution in [2.24, 2.45) is 0 Å². The van der Waals surface area contributed by atoms with E-state index >= 15 is 0 Å². The summed E-state index contributed by atoms with van der Waals surface area (Å²) in [5, 5.41) is 48.6. The number of carbonyl (C=O) groups excluding carboxylic acids is 4. The van der Waals surface area contributed by atoms with E-state index in [1.165, 1.54) is 72.8 Å². The molecule has 2 aliphatic rings. The van der Waals surface area contributed by atoms with E-state index in [0.717, 1.165) is 23.5 Å². The Labute approximate surface area is 563 Å². The maximum Gasteiger partial charge on any atom is 2.00 e. The SMILES string of the molecule is CCN1c2ccc(/C([O-])=C/C(=O)C(F)(F)F)cc2Sc2cc(/C([O-])=C\C(=O)C(F)(F)F)ccc21.CCN1c2ccc(/C([O-])=C/C(=O)C(F)(F)F)cc2Sc2cc(/C([O-])=C\C(=O)C(F)(F)F)ccc21.[Zn+2].[Zn+2].c1ccncc1.c1ccncc1.c1ccncc1.c1ccncc1. The fourth-order valence-electron chi connectivity index (χ4n) is 7.45. The maximum absolute atomic E-state index is 12.5. The molecular weight excluding hydrogens is 1400 g/mol. The van der Waals surface area contributed by atoms with Gasteiger partial charge in [-0.15, -0.1) is 0 Å². The second kappa shape index (κ2) is 37.1. The van der Waals surface area contributed by atoms with E-state index in [4.69, 9.17) is 0 Å². The van der Waals surface area contributed by atoms with Crippen LogP contribution in [-0.2, 0) is 58.1 Å². The molecule has 0 spiro atoms. The summed E-state index contributed by atoms with van der Waals surface area (Å²) < 4.78 is 149. The second-order valence-electron chi connectivity index (χ2n) is 18.0. The molecule has 0 saturated carbocycles. The molecule has 0 atom stereocenters. The number of nitrogens with zero attached hydrogens (tertiary/aromatic N) is 6. The molecule has 0 N–H and O–H groups in total. The first kappa shape index (κ1) is 79.3. The number of carbonyl (C=O) groups is 4. The first-order valence-electron chi connectivity index (χ1n) is 26.3. The van der Waals surface area contributed by atoms with Gasteiger partial charge in [0.25, 0.3) is 23.1 Å². The molecule has 0 aliphatic carbocycles. The summed E-state index contributed by atoms with van der Waals surface area (Å²) in [6, 6.07) is 39.0. The first-order chi connectivity index (χ1) is 43.4. The first-order valence-corrected chi connectivity index (χ1v) is 28.0. The molecule has 94 heavy (non-hydrogen) atoms. The average Bonchev–Trinajstić information content (AvgIpc) is 0.784. The van der Waals surface area contributed by atoms with E-state index in [1.54, 1.807) is 73.2 Å². The van der Waals surface area contributed by atoms with Gasteiger partial charge in [0.1, 0.15) is 0 Å². The molecule has 480 valence electrons. The minimum atomic E-state index is -5.19. The van der Waals surface area contributed by atoms with Crippen molar-refractivity contribution in [3.05, 3.63) is 242 Å². The number of pyridine rings is 4. The number of alkyl halides is 12. The van der Waals surface area contributed by atoms with Crippen LogP contribution in [0.25, 0.3) is 23.0 Å². The summed E-state index contributed by atoms with van der Waals surface area (Å²) in [7, 11) is 0. The largest absolute Gasteiger partial charge is 2.00 e. The van der Waals surface area contributed by atoms with Gasteiger partial charge in [0.2, 0.25) is 0 Å². The van der Waals surface area contributed by atoms with Crippen molar-refractivity contribution in [1.29, 1.82) is 0 Å². The van der Waals surface area contributed by atoms with Gasteiger partial charge in [-0.05, 0) is 157 Å². The summed E-state index contributed by atoms with van der Waals surface area (Å²) in [4.78, 5) is 64.7. The van der Waals surface area contributed by atoms with E-state index in [9.17, 15) is 92.3 Å². The predicted molar refractivity (Wildman–Crippen MR) is 312 cm³/mol. The van der Waals surface area contributed by atoms with Crippen LogP contribution in [0.5, 0.6) is 0 Å². The molecule has 8 aromatic rings. The molecule has 10 rings (SSSR count). The van der Waals surface area contributed by atoms with Crippen LogP contribution in [0.3, 0.4) is 0 Å². The predicted octanol–water partition coefficient (Wildman–Crippen LogP) is 12.3. The number of rotatable bonds is 10. The standard InChI is InChI=1S/2C22H15F6NO4S.4C5H5N.2Zn/c2*1-2-29-13-5-3-11(15(30)9-19(32)21(23,24)25)7-17(13)34-18-8-12(4-6-14(18)29)16(31)10-20(33)22(26,27)28;4*1-2-4-6-5-3-1;;/h2*3-10,30-31H,2H2,1H3;4*1-5H;;/q;;;;;;2*+2/p-4/b2*15-9-,16-10+;;;;;;. The second-order valence-corrected chi connectivity index (χ2v) is 20.2. The molecule has 30 heteroatoms. The molecule has 4 aromatic heterocycles. The Balaban J connectivity index is 0.000000353. The maximum atomic E-state index is 12.5. The molecule has 0 saturated heterocycles. The van der Waals surface area contributed by atoms with Crippen LogP contribution in [-0.4, -0.2) is 80.9 Å². The van der Waals surface area contributed by atoms with Crippen molar-refractivity contribution in [3.8, 4) is 0 Å². The van der Waals surface area contributed by atoms with Crippen molar-refractivity contribution in [2.45, 2.75) is 58.1 Å². The minimum absolute atomic E-state index is 0. The molecule has 14 nitrogen and oxygen atoms in total. The number of aromatic nitrogens is 4. The van der Waals surface area contributed by atoms with Gasteiger partial charge >= 0.3 is 63.7 Å². The van der Waals surface area contributed by atoms with Gasteiger partial charge in [-0.25, -0.2) is 0 Å². The van der Waals surface area contributed by atoms with Crippen LogP contribution in [0.15, 0.2) is 239 Å². The number of hydrogen-bond acceptors (Lipinski definition) is 16. The topological polar surface area (TPSA) is 219 Å². The summed E-state index contributed by atoms with van der Waals surface area (Å²) in [5.41, 5.74) is 1.65. The molecule has 0 fully saturated rings. The van der Waals surface area contributed by atoms with Gasteiger partial charge in [0.05, 0.1) is 22.7 Å². The molecule has 0 unspecified atom stereocenters. The third-order valence-electron chi connectivity index (χ3n) is 11.6. The van der Waals surface area contributed by atoms with Crippen LogP contribution in [0, 0.1) is 0 Å². The average molecular weight is 1450 g/mol. The van der Waals surface area contributed by atoms with Gasteiger partial charge < -0.3 is 30.2 Å². The quantitative estimate of drug-likeness (QED) is 0.0538. The number of ketones is 4. The van der Waals surface area contributed by atoms with E-state index in [1.807, 2.05) is 72.8 Å².